The Morgan fingerprint density at radius 3 is 2.54 bits per heavy atom. The van der Waals surface area contributed by atoms with Crippen LogP contribution < -0.4 is 19.5 Å². The van der Waals surface area contributed by atoms with Gasteiger partial charge in [0.25, 0.3) is 0 Å². The minimum atomic E-state index is -0.768. The van der Waals surface area contributed by atoms with Crippen molar-refractivity contribution in [3.63, 3.8) is 0 Å². The standard InChI is InChI=1S/C20H23NO5/c1-24-18-8-15(9-19(25-2)20(18)23)16(22)11-21-10-13-7-14-5-3-4-6-17(14)26-12-13/h3-9,16,21-23H,10-12H2,1-2H3. The summed E-state index contributed by atoms with van der Waals surface area (Å²) in [6, 6.07) is 11.1. The number of aliphatic hydroxyl groups excluding tert-OH is 1. The van der Waals surface area contributed by atoms with Gasteiger partial charge in [0.15, 0.2) is 11.5 Å². The van der Waals surface area contributed by atoms with Gasteiger partial charge in [-0.1, -0.05) is 18.2 Å². The molecule has 6 heteroatoms. The molecule has 3 rings (SSSR count). The number of rotatable bonds is 7. The molecule has 1 aliphatic rings. The molecule has 26 heavy (non-hydrogen) atoms. The summed E-state index contributed by atoms with van der Waals surface area (Å²) in [5.41, 5.74) is 2.77. The minimum absolute atomic E-state index is 0.0814. The van der Waals surface area contributed by atoms with Gasteiger partial charge in [-0.3, -0.25) is 0 Å². The molecular weight excluding hydrogens is 334 g/mol. The van der Waals surface area contributed by atoms with Crippen LogP contribution in [0.5, 0.6) is 23.0 Å². The normalized spacial score (nSPS) is 14.0. The Labute approximate surface area is 152 Å². The van der Waals surface area contributed by atoms with Gasteiger partial charge in [0, 0.05) is 18.7 Å². The van der Waals surface area contributed by atoms with Crippen LogP contribution in [0.25, 0.3) is 6.08 Å². The van der Waals surface area contributed by atoms with E-state index in [1.165, 1.54) is 14.2 Å². The van der Waals surface area contributed by atoms with Gasteiger partial charge in [-0.25, -0.2) is 0 Å². The monoisotopic (exact) mass is 357 g/mol. The lowest BCUT2D eigenvalue weighted by Crippen LogP contribution is -2.26. The van der Waals surface area contributed by atoms with Gasteiger partial charge in [-0.2, -0.15) is 0 Å². The minimum Gasteiger partial charge on any atom is -0.502 e. The van der Waals surface area contributed by atoms with E-state index in [1.54, 1.807) is 12.1 Å². The van der Waals surface area contributed by atoms with Crippen LogP contribution in [0.1, 0.15) is 17.2 Å². The molecule has 2 aromatic rings. The molecular formula is C20H23NO5. The fraction of sp³-hybridized carbons (Fsp3) is 0.300. The first-order valence-corrected chi connectivity index (χ1v) is 8.37. The van der Waals surface area contributed by atoms with Crippen molar-refractivity contribution in [1.82, 2.24) is 5.32 Å². The highest BCUT2D eigenvalue weighted by molar-refractivity contribution is 5.62. The maximum Gasteiger partial charge on any atom is 0.200 e. The van der Waals surface area contributed by atoms with Crippen molar-refractivity contribution in [1.29, 1.82) is 0 Å². The summed E-state index contributed by atoms with van der Waals surface area (Å²) in [7, 11) is 2.91. The number of nitrogens with one attached hydrogen (secondary N) is 1. The van der Waals surface area contributed by atoms with Crippen LogP contribution in [0.4, 0.5) is 0 Å². The number of methoxy groups -OCH3 is 2. The third-order valence-corrected chi connectivity index (χ3v) is 4.27. The van der Waals surface area contributed by atoms with Gasteiger partial charge in [0.1, 0.15) is 12.4 Å². The van der Waals surface area contributed by atoms with E-state index in [4.69, 9.17) is 14.2 Å². The van der Waals surface area contributed by atoms with Crippen molar-refractivity contribution in [2.75, 3.05) is 33.9 Å². The zero-order valence-corrected chi connectivity index (χ0v) is 14.9. The molecule has 0 radical (unpaired) electrons. The molecule has 0 saturated carbocycles. The molecule has 1 aliphatic heterocycles. The molecule has 2 aromatic carbocycles. The van der Waals surface area contributed by atoms with E-state index in [0.717, 1.165) is 16.9 Å². The second-order valence-electron chi connectivity index (χ2n) is 6.05. The van der Waals surface area contributed by atoms with E-state index in [1.807, 2.05) is 24.3 Å². The Morgan fingerprint density at radius 1 is 1.15 bits per heavy atom. The van der Waals surface area contributed by atoms with Crippen molar-refractivity contribution in [2.45, 2.75) is 6.10 Å². The molecule has 0 aromatic heterocycles. The average Bonchev–Trinajstić information content (AvgIpc) is 2.68. The first kappa shape index (κ1) is 18.1. The molecule has 6 nitrogen and oxygen atoms in total. The van der Waals surface area contributed by atoms with E-state index < -0.39 is 6.10 Å². The van der Waals surface area contributed by atoms with E-state index in [9.17, 15) is 10.2 Å². The average molecular weight is 357 g/mol. The molecule has 138 valence electrons. The van der Waals surface area contributed by atoms with Crippen molar-refractivity contribution < 1.29 is 24.4 Å². The lowest BCUT2D eigenvalue weighted by molar-refractivity contribution is 0.174. The third-order valence-electron chi connectivity index (χ3n) is 4.27. The van der Waals surface area contributed by atoms with Crippen LogP contribution in [0, 0.1) is 0 Å². The van der Waals surface area contributed by atoms with Gasteiger partial charge in [0.05, 0.1) is 20.3 Å². The second kappa shape index (κ2) is 8.12. The highest BCUT2D eigenvalue weighted by Crippen LogP contribution is 2.38. The Bertz CT molecular complexity index is 778. The summed E-state index contributed by atoms with van der Waals surface area (Å²) in [4.78, 5) is 0. The molecule has 1 heterocycles. The first-order valence-electron chi connectivity index (χ1n) is 8.37. The quantitative estimate of drug-likeness (QED) is 0.707. The highest BCUT2D eigenvalue weighted by Gasteiger charge is 2.16. The zero-order valence-electron chi connectivity index (χ0n) is 14.9. The van der Waals surface area contributed by atoms with Gasteiger partial charge in [0.2, 0.25) is 5.75 Å². The summed E-state index contributed by atoms with van der Waals surface area (Å²) < 4.78 is 16.0. The summed E-state index contributed by atoms with van der Waals surface area (Å²) in [5.74, 6) is 1.33. The number of hydrogen-bond acceptors (Lipinski definition) is 6. The number of aromatic hydroxyl groups is 1. The fourth-order valence-corrected chi connectivity index (χ4v) is 2.86. The van der Waals surface area contributed by atoms with E-state index >= 15 is 0 Å². The van der Waals surface area contributed by atoms with Gasteiger partial charge in [-0.05, 0) is 35.4 Å². The van der Waals surface area contributed by atoms with Gasteiger partial charge < -0.3 is 29.7 Å². The Balaban J connectivity index is 1.61. The van der Waals surface area contributed by atoms with Crippen molar-refractivity contribution >= 4 is 6.08 Å². The van der Waals surface area contributed by atoms with Gasteiger partial charge in [-0.15, -0.1) is 0 Å². The zero-order chi connectivity index (χ0) is 18.5. The number of phenols is 1. The Morgan fingerprint density at radius 2 is 1.85 bits per heavy atom. The molecule has 1 atom stereocenters. The number of benzene rings is 2. The van der Waals surface area contributed by atoms with E-state index in [2.05, 4.69) is 11.4 Å². The Hall–Kier alpha value is -2.70. The van der Waals surface area contributed by atoms with Crippen LogP contribution in [0.3, 0.4) is 0 Å². The highest BCUT2D eigenvalue weighted by atomic mass is 16.5. The topological polar surface area (TPSA) is 80.2 Å². The Kier molecular flexibility index (Phi) is 5.65. The van der Waals surface area contributed by atoms with Crippen LogP contribution in [0.15, 0.2) is 42.0 Å². The van der Waals surface area contributed by atoms with E-state index in [0.29, 0.717) is 25.3 Å². The maximum atomic E-state index is 10.4. The first-order chi connectivity index (χ1) is 12.6. The van der Waals surface area contributed by atoms with Gasteiger partial charge >= 0.3 is 0 Å². The molecule has 1 unspecified atom stereocenters. The summed E-state index contributed by atoms with van der Waals surface area (Å²) in [5, 5.41) is 23.6. The second-order valence-corrected chi connectivity index (χ2v) is 6.05. The maximum absolute atomic E-state index is 10.4. The van der Waals surface area contributed by atoms with Crippen LogP contribution in [-0.4, -0.2) is 44.1 Å². The summed E-state index contributed by atoms with van der Waals surface area (Å²) in [6.07, 6.45) is 1.33. The summed E-state index contributed by atoms with van der Waals surface area (Å²) in [6.45, 7) is 1.48. The summed E-state index contributed by atoms with van der Waals surface area (Å²) >= 11 is 0. The molecule has 0 saturated heterocycles. The molecule has 0 amide bonds. The van der Waals surface area contributed by atoms with Crippen molar-refractivity contribution in [2.24, 2.45) is 0 Å². The number of fused-ring (bicyclic) bond motifs is 1. The van der Waals surface area contributed by atoms with Crippen molar-refractivity contribution in [3.05, 3.63) is 53.1 Å². The largest absolute Gasteiger partial charge is 0.502 e. The number of para-hydroxylation sites is 1. The number of aliphatic hydroxyl groups is 1. The molecule has 3 N–H and O–H groups in total. The molecule has 0 bridgehead atoms. The predicted octanol–water partition coefficient (Wildman–Crippen LogP) is 2.51. The molecule has 0 spiro atoms. The lowest BCUT2D eigenvalue weighted by Gasteiger charge is -2.19. The number of hydrogen-bond donors (Lipinski definition) is 3. The van der Waals surface area contributed by atoms with Crippen LogP contribution in [-0.2, 0) is 0 Å². The van der Waals surface area contributed by atoms with Crippen molar-refractivity contribution in [3.8, 4) is 23.0 Å². The fourth-order valence-electron chi connectivity index (χ4n) is 2.86. The third kappa shape index (κ3) is 3.92. The predicted molar refractivity (Wildman–Crippen MR) is 99.0 cm³/mol. The lowest BCUT2D eigenvalue weighted by atomic mass is 10.1. The number of ether oxygens (including phenoxy) is 3. The number of phenolic OH excluding ortho intramolecular Hbond substituents is 1. The molecule has 0 fully saturated rings. The van der Waals surface area contributed by atoms with E-state index in [-0.39, 0.29) is 17.2 Å². The van der Waals surface area contributed by atoms with Crippen LogP contribution in [0.2, 0.25) is 0 Å². The SMILES string of the molecule is COc1cc(C(O)CNCC2=Cc3ccccc3OC2)cc(OC)c1O. The molecule has 0 aliphatic carbocycles. The smallest absolute Gasteiger partial charge is 0.200 e. The van der Waals surface area contributed by atoms with Crippen LogP contribution >= 0.6 is 0 Å².